The predicted octanol–water partition coefficient (Wildman–Crippen LogP) is 4.59. The van der Waals surface area contributed by atoms with Gasteiger partial charge in [0.15, 0.2) is 4.96 Å². The van der Waals surface area contributed by atoms with Crippen LogP contribution in [-0.4, -0.2) is 16.0 Å². The zero-order valence-corrected chi connectivity index (χ0v) is 14.8. The lowest BCUT2D eigenvalue weighted by Crippen LogP contribution is -2.03. The van der Waals surface area contributed by atoms with Crippen LogP contribution in [-0.2, 0) is 6.54 Å². The molecule has 2 aromatic heterocycles. The minimum Gasteiger partial charge on any atom is -0.494 e. The van der Waals surface area contributed by atoms with Crippen LogP contribution in [0.5, 0.6) is 5.75 Å². The summed E-state index contributed by atoms with van der Waals surface area (Å²) < 4.78 is 7.70. The summed E-state index contributed by atoms with van der Waals surface area (Å²) in [5.41, 5.74) is 11.4. The molecule has 0 aliphatic heterocycles. The van der Waals surface area contributed by atoms with E-state index in [1.54, 1.807) is 11.3 Å². The van der Waals surface area contributed by atoms with E-state index >= 15 is 0 Å². The average molecular weight is 349 g/mol. The van der Waals surface area contributed by atoms with Crippen molar-refractivity contribution in [3.63, 3.8) is 0 Å². The smallest absolute Gasteiger partial charge is 0.195 e. The first kappa shape index (κ1) is 15.9. The van der Waals surface area contributed by atoms with Gasteiger partial charge in [-0.2, -0.15) is 0 Å². The van der Waals surface area contributed by atoms with Crippen LogP contribution in [0.1, 0.15) is 12.6 Å². The molecule has 4 aromatic rings. The summed E-state index contributed by atoms with van der Waals surface area (Å²) in [6, 6.07) is 18.4. The van der Waals surface area contributed by atoms with Crippen molar-refractivity contribution in [3.8, 4) is 28.3 Å². The van der Waals surface area contributed by atoms with Crippen LogP contribution in [0.25, 0.3) is 27.5 Å². The SMILES string of the molecule is CCOc1ccc(-c2nc3scc(-c4ccccc4)n3c2CN)cc1. The van der Waals surface area contributed by atoms with E-state index < -0.39 is 0 Å². The van der Waals surface area contributed by atoms with Crippen LogP contribution in [0.15, 0.2) is 60.0 Å². The molecule has 0 radical (unpaired) electrons. The summed E-state index contributed by atoms with van der Waals surface area (Å²) in [7, 11) is 0. The van der Waals surface area contributed by atoms with Gasteiger partial charge in [-0.1, -0.05) is 30.3 Å². The minimum atomic E-state index is 0.431. The number of hydrogen-bond donors (Lipinski definition) is 1. The molecule has 0 spiro atoms. The Kier molecular flexibility index (Phi) is 4.26. The number of nitrogens with two attached hydrogens (primary N) is 1. The molecule has 4 rings (SSSR count). The van der Waals surface area contributed by atoms with Crippen LogP contribution in [0.3, 0.4) is 0 Å². The molecule has 0 saturated heterocycles. The van der Waals surface area contributed by atoms with Crippen molar-refractivity contribution >= 4 is 16.3 Å². The number of imidazole rings is 1. The quantitative estimate of drug-likeness (QED) is 0.573. The van der Waals surface area contributed by atoms with Crippen molar-refractivity contribution in [3.05, 3.63) is 65.7 Å². The summed E-state index contributed by atoms with van der Waals surface area (Å²) in [4.78, 5) is 5.80. The van der Waals surface area contributed by atoms with Gasteiger partial charge in [-0.25, -0.2) is 4.98 Å². The number of rotatable bonds is 5. The van der Waals surface area contributed by atoms with Gasteiger partial charge in [0.05, 0.1) is 23.7 Å². The van der Waals surface area contributed by atoms with Gasteiger partial charge in [0, 0.05) is 17.5 Å². The molecule has 0 aliphatic carbocycles. The highest BCUT2D eigenvalue weighted by Crippen LogP contribution is 2.33. The largest absolute Gasteiger partial charge is 0.494 e. The van der Waals surface area contributed by atoms with Crippen LogP contribution < -0.4 is 10.5 Å². The second-order valence-corrected chi connectivity index (χ2v) is 6.51. The second kappa shape index (κ2) is 6.70. The molecule has 0 bridgehead atoms. The lowest BCUT2D eigenvalue weighted by molar-refractivity contribution is 0.340. The number of fused-ring (bicyclic) bond motifs is 1. The van der Waals surface area contributed by atoms with Gasteiger partial charge in [0.2, 0.25) is 0 Å². The molecule has 0 atom stereocenters. The molecule has 0 unspecified atom stereocenters. The number of ether oxygens (including phenoxy) is 1. The molecule has 25 heavy (non-hydrogen) atoms. The average Bonchev–Trinajstić information content (AvgIpc) is 3.22. The first-order valence-electron chi connectivity index (χ1n) is 8.29. The van der Waals surface area contributed by atoms with Crippen LogP contribution >= 0.6 is 11.3 Å². The van der Waals surface area contributed by atoms with Crippen LogP contribution in [0.2, 0.25) is 0 Å². The zero-order valence-electron chi connectivity index (χ0n) is 14.0. The van der Waals surface area contributed by atoms with Crippen molar-refractivity contribution in [1.82, 2.24) is 9.38 Å². The topological polar surface area (TPSA) is 52.5 Å². The number of nitrogens with zero attached hydrogens (tertiary/aromatic N) is 2. The van der Waals surface area contributed by atoms with Crippen LogP contribution in [0.4, 0.5) is 0 Å². The lowest BCUT2D eigenvalue weighted by Gasteiger charge is -2.07. The van der Waals surface area contributed by atoms with Gasteiger partial charge in [0.1, 0.15) is 5.75 Å². The van der Waals surface area contributed by atoms with E-state index in [0.717, 1.165) is 33.4 Å². The Hall–Kier alpha value is -2.63. The highest BCUT2D eigenvalue weighted by Gasteiger charge is 2.17. The summed E-state index contributed by atoms with van der Waals surface area (Å²) >= 11 is 1.64. The third kappa shape index (κ3) is 2.81. The summed E-state index contributed by atoms with van der Waals surface area (Å²) in [5.74, 6) is 0.867. The molecule has 2 N–H and O–H groups in total. The van der Waals surface area contributed by atoms with Crippen molar-refractivity contribution in [2.45, 2.75) is 13.5 Å². The van der Waals surface area contributed by atoms with Crippen molar-refractivity contribution < 1.29 is 4.74 Å². The molecular weight excluding hydrogens is 330 g/mol. The Labute approximate surface area is 150 Å². The van der Waals surface area contributed by atoms with Crippen molar-refractivity contribution in [2.24, 2.45) is 5.73 Å². The number of hydrogen-bond acceptors (Lipinski definition) is 4. The van der Waals surface area contributed by atoms with Gasteiger partial charge in [0.25, 0.3) is 0 Å². The first-order chi connectivity index (χ1) is 12.3. The number of aromatic nitrogens is 2. The molecular formula is C20H19N3OS. The van der Waals surface area contributed by atoms with E-state index in [-0.39, 0.29) is 0 Å². The monoisotopic (exact) mass is 349 g/mol. The second-order valence-electron chi connectivity index (χ2n) is 5.67. The van der Waals surface area contributed by atoms with Crippen molar-refractivity contribution in [1.29, 1.82) is 0 Å². The third-order valence-corrected chi connectivity index (χ3v) is 4.99. The Bertz CT molecular complexity index is 987. The third-order valence-electron chi connectivity index (χ3n) is 4.16. The standard InChI is InChI=1S/C20H19N3OS/c1-2-24-16-10-8-15(9-11-16)19-17(12-21)23-18(13-25-20(23)22-19)14-6-4-3-5-7-14/h3-11,13H,2,12,21H2,1H3. The Balaban J connectivity index is 1.84. The molecule has 0 aliphatic rings. The molecule has 126 valence electrons. The van der Waals surface area contributed by atoms with Crippen molar-refractivity contribution in [2.75, 3.05) is 6.61 Å². The fourth-order valence-corrected chi connectivity index (χ4v) is 3.94. The molecule has 4 nitrogen and oxygen atoms in total. The summed E-state index contributed by atoms with van der Waals surface area (Å²) in [6.45, 7) is 3.07. The van der Waals surface area contributed by atoms with E-state index in [0.29, 0.717) is 13.2 Å². The maximum atomic E-state index is 6.10. The first-order valence-corrected chi connectivity index (χ1v) is 9.17. The Morgan fingerprint density at radius 3 is 2.48 bits per heavy atom. The Morgan fingerprint density at radius 1 is 1.04 bits per heavy atom. The highest BCUT2D eigenvalue weighted by molar-refractivity contribution is 7.15. The lowest BCUT2D eigenvalue weighted by atomic mass is 10.1. The van der Waals surface area contributed by atoms with Crippen LogP contribution in [0, 0.1) is 0 Å². The molecule has 5 heteroatoms. The normalized spacial score (nSPS) is 11.1. The number of benzene rings is 2. The van der Waals surface area contributed by atoms with Gasteiger partial charge in [-0.15, -0.1) is 11.3 Å². The van der Waals surface area contributed by atoms with E-state index in [2.05, 4.69) is 21.9 Å². The van der Waals surface area contributed by atoms with Gasteiger partial charge in [-0.05, 0) is 36.8 Å². The minimum absolute atomic E-state index is 0.431. The van der Waals surface area contributed by atoms with E-state index in [9.17, 15) is 0 Å². The van der Waals surface area contributed by atoms with E-state index in [4.69, 9.17) is 15.5 Å². The van der Waals surface area contributed by atoms with Gasteiger partial charge in [-0.3, -0.25) is 4.40 Å². The Morgan fingerprint density at radius 2 is 1.80 bits per heavy atom. The molecule has 2 aromatic carbocycles. The number of thiazole rings is 1. The maximum absolute atomic E-state index is 6.10. The summed E-state index contributed by atoms with van der Waals surface area (Å²) in [6.07, 6.45) is 0. The molecule has 0 saturated carbocycles. The zero-order chi connectivity index (χ0) is 17.2. The van der Waals surface area contributed by atoms with E-state index in [1.165, 1.54) is 5.56 Å². The maximum Gasteiger partial charge on any atom is 0.195 e. The highest BCUT2D eigenvalue weighted by atomic mass is 32.1. The fraction of sp³-hybridized carbons (Fsp3) is 0.150. The molecule has 0 amide bonds. The van der Waals surface area contributed by atoms with Gasteiger partial charge < -0.3 is 10.5 Å². The van der Waals surface area contributed by atoms with E-state index in [1.807, 2.05) is 49.4 Å². The van der Waals surface area contributed by atoms with Gasteiger partial charge >= 0.3 is 0 Å². The molecule has 0 fully saturated rings. The molecule has 2 heterocycles. The fourth-order valence-electron chi connectivity index (χ4n) is 3.02. The predicted molar refractivity (Wildman–Crippen MR) is 103 cm³/mol. The summed E-state index contributed by atoms with van der Waals surface area (Å²) in [5, 5.41) is 2.14.